The summed E-state index contributed by atoms with van der Waals surface area (Å²) in [6.45, 7) is 8.01. The lowest BCUT2D eigenvalue weighted by molar-refractivity contribution is -0.121. The molecule has 0 saturated heterocycles. The third-order valence-corrected chi connectivity index (χ3v) is 6.12. The lowest BCUT2D eigenvalue weighted by Crippen LogP contribution is -2.29. The van der Waals surface area contributed by atoms with E-state index in [1.54, 1.807) is 11.3 Å². The Labute approximate surface area is 175 Å². The second-order valence-corrected chi connectivity index (χ2v) is 8.46. The van der Waals surface area contributed by atoms with Crippen molar-refractivity contribution in [1.82, 2.24) is 19.4 Å². The van der Waals surface area contributed by atoms with E-state index in [1.165, 1.54) is 10.9 Å². The maximum atomic E-state index is 12.5. The van der Waals surface area contributed by atoms with Crippen molar-refractivity contribution in [3.05, 3.63) is 64.4 Å². The van der Waals surface area contributed by atoms with Crippen LogP contribution in [-0.4, -0.2) is 26.6 Å². The normalized spacial score (nSPS) is 11.3. The third kappa shape index (κ3) is 4.12. The van der Waals surface area contributed by atoms with Crippen LogP contribution in [0.25, 0.3) is 22.2 Å². The van der Waals surface area contributed by atoms with Gasteiger partial charge in [-0.05, 0) is 50.8 Å². The van der Waals surface area contributed by atoms with E-state index in [0.717, 1.165) is 40.6 Å². The summed E-state index contributed by atoms with van der Waals surface area (Å²) in [5, 5.41) is 7.44. The van der Waals surface area contributed by atoms with Gasteiger partial charge in [-0.15, -0.1) is 11.3 Å². The molecule has 3 aromatic heterocycles. The summed E-state index contributed by atoms with van der Waals surface area (Å²) in [6, 6.07) is 12.6. The highest BCUT2D eigenvalue weighted by Crippen LogP contribution is 2.27. The summed E-state index contributed by atoms with van der Waals surface area (Å²) in [7, 11) is 0. The van der Waals surface area contributed by atoms with Gasteiger partial charge < -0.3 is 14.5 Å². The molecule has 5 nitrogen and oxygen atoms in total. The summed E-state index contributed by atoms with van der Waals surface area (Å²) in [4.78, 5) is 17.1. The largest absolute Gasteiger partial charge is 0.354 e. The van der Waals surface area contributed by atoms with E-state index in [-0.39, 0.29) is 5.91 Å². The zero-order valence-corrected chi connectivity index (χ0v) is 17.9. The van der Waals surface area contributed by atoms with Gasteiger partial charge in [0.1, 0.15) is 6.54 Å². The molecular weight excluding hydrogens is 380 g/mol. The molecule has 3 heterocycles. The molecule has 4 aromatic rings. The van der Waals surface area contributed by atoms with E-state index in [9.17, 15) is 4.79 Å². The molecule has 150 valence electrons. The number of rotatable bonds is 7. The number of carbonyl (C=O) groups excluding carboxylic acids is 1. The highest BCUT2D eigenvalue weighted by molar-refractivity contribution is 7.09. The predicted octanol–water partition coefficient (Wildman–Crippen LogP) is 4.70. The van der Waals surface area contributed by atoms with Crippen LogP contribution in [0.15, 0.2) is 48.0 Å². The molecule has 6 heteroatoms. The fourth-order valence-corrected chi connectivity index (χ4v) is 4.42. The Balaban J connectivity index is 1.32. The van der Waals surface area contributed by atoms with Gasteiger partial charge in [-0.25, -0.2) is 4.98 Å². The van der Waals surface area contributed by atoms with Crippen LogP contribution in [0.3, 0.4) is 0 Å². The first-order valence-corrected chi connectivity index (χ1v) is 10.8. The Bertz CT molecular complexity index is 1150. The van der Waals surface area contributed by atoms with Crippen molar-refractivity contribution < 1.29 is 4.79 Å². The number of aromatic nitrogens is 3. The van der Waals surface area contributed by atoms with E-state index < -0.39 is 0 Å². The fourth-order valence-electron chi connectivity index (χ4n) is 3.80. The van der Waals surface area contributed by atoms with Gasteiger partial charge in [-0.3, -0.25) is 4.79 Å². The number of fused-ring (bicyclic) bond motifs is 1. The lowest BCUT2D eigenvalue weighted by atomic mass is 10.2. The minimum atomic E-state index is 0.0465. The van der Waals surface area contributed by atoms with Gasteiger partial charge in [0, 0.05) is 47.1 Å². The monoisotopic (exact) mass is 406 g/mol. The lowest BCUT2D eigenvalue weighted by Gasteiger charge is -2.11. The first kappa shape index (κ1) is 19.5. The number of hydrogen-bond acceptors (Lipinski definition) is 3. The Kier molecular flexibility index (Phi) is 5.53. The molecule has 4 rings (SSSR count). The maximum absolute atomic E-state index is 12.5. The van der Waals surface area contributed by atoms with Crippen LogP contribution >= 0.6 is 11.3 Å². The molecule has 0 bridgehead atoms. The SMILES string of the molecule is Cc1nc(-c2cc(C)n(CC(=O)NCCCn3ccc4ccccc43)c2C)cs1. The highest BCUT2D eigenvalue weighted by Gasteiger charge is 2.15. The van der Waals surface area contributed by atoms with E-state index in [0.29, 0.717) is 13.1 Å². The number of thiazole rings is 1. The van der Waals surface area contributed by atoms with Crippen molar-refractivity contribution in [3.63, 3.8) is 0 Å². The summed E-state index contributed by atoms with van der Waals surface area (Å²) in [5.74, 6) is 0.0465. The molecule has 29 heavy (non-hydrogen) atoms. The molecule has 0 aliphatic heterocycles. The van der Waals surface area contributed by atoms with Gasteiger partial charge in [0.15, 0.2) is 0 Å². The number of hydrogen-bond donors (Lipinski definition) is 1. The molecule has 1 amide bonds. The molecule has 0 saturated carbocycles. The number of nitrogens with zero attached hydrogens (tertiary/aromatic N) is 3. The minimum absolute atomic E-state index is 0.0465. The van der Waals surface area contributed by atoms with Crippen molar-refractivity contribution in [1.29, 1.82) is 0 Å². The average molecular weight is 407 g/mol. The topological polar surface area (TPSA) is 51.9 Å². The molecule has 0 radical (unpaired) electrons. The Morgan fingerprint density at radius 1 is 1.17 bits per heavy atom. The summed E-state index contributed by atoms with van der Waals surface area (Å²) in [5.41, 5.74) is 5.51. The molecule has 0 atom stereocenters. The zero-order chi connectivity index (χ0) is 20.4. The summed E-state index contributed by atoms with van der Waals surface area (Å²) < 4.78 is 4.31. The standard InChI is InChI=1S/C23H26N4OS/c1-16-13-20(21-15-29-18(3)25-21)17(2)27(16)14-23(28)24-10-6-11-26-12-9-19-7-4-5-8-22(19)26/h4-5,7-9,12-13,15H,6,10-11,14H2,1-3H3,(H,24,28). The third-order valence-electron chi connectivity index (χ3n) is 5.35. The summed E-state index contributed by atoms with van der Waals surface area (Å²) >= 11 is 1.65. The molecular formula is C23H26N4OS. The molecule has 0 spiro atoms. The van der Waals surface area contributed by atoms with Crippen molar-refractivity contribution >= 4 is 28.1 Å². The van der Waals surface area contributed by atoms with E-state index >= 15 is 0 Å². The average Bonchev–Trinajstić information content (AvgIpc) is 3.39. The van der Waals surface area contributed by atoms with Gasteiger partial charge in [0.05, 0.1) is 10.7 Å². The van der Waals surface area contributed by atoms with Crippen LogP contribution in [0, 0.1) is 20.8 Å². The second-order valence-electron chi connectivity index (χ2n) is 7.39. The molecule has 0 aliphatic carbocycles. The Morgan fingerprint density at radius 3 is 2.79 bits per heavy atom. The van der Waals surface area contributed by atoms with Crippen molar-refractivity contribution in [3.8, 4) is 11.3 Å². The van der Waals surface area contributed by atoms with Gasteiger partial charge in [0.2, 0.25) is 5.91 Å². The van der Waals surface area contributed by atoms with Crippen LogP contribution in [0.2, 0.25) is 0 Å². The smallest absolute Gasteiger partial charge is 0.239 e. The predicted molar refractivity (Wildman–Crippen MR) is 119 cm³/mol. The van der Waals surface area contributed by atoms with Crippen LogP contribution < -0.4 is 5.32 Å². The van der Waals surface area contributed by atoms with E-state index in [2.05, 4.69) is 74.3 Å². The number of para-hydroxylation sites is 1. The van der Waals surface area contributed by atoms with Crippen LogP contribution in [0.5, 0.6) is 0 Å². The van der Waals surface area contributed by atoms with Crippen molar-refractivity contribution in [2.24, 2.45) is 0 Å². The number of carbonyl (C=O) groups is 1. The molecule has 0 aliphatic rings. The second kappa shape index (κ2) is 8.25. The Hall–Kier alpha value is -2.86. The van der Waals surface area contributed by atoms with E-state index in [4.69, 9.17) is 0 Å². The molecule has 1 N–H and O–H groups in total. The van der Waals surface area contributed by atoms with Gasteiger partial charge >= 0.3 is 0 Å². The number of aryl methyl sites for hydroxylation is 3. The van der Waals surface area contributed by atoms with Crippen molar-refractivity contribution in [2.45, 2.75) is 40.3 Å². The van der Waals surface area contributed by atoms with Crippen LogP contribution in [0.1, 0.15) is 22.8 Å². The minimum Gasteiger partial charge on any atom is -0.354 e. The fraction of sp³-hybridized carbons (Fsp3) is 0.304. The first-order valence-electron chi connectivity index (χ1n) is 9.93. The summed E-state index contributed by atoms with van der Waals surface area (Å²) in [6.07, 6.45) is 3.01. The Morgan fingerprint density at radius 2 is 2.00 bits per heavy atom. The van der Waals surface area contributed by atoms with E-state index in [1.807, 2.05) is 13.8 Å². The number of nitrogens with one attached hydrogen (secondary N) is 1. The quantitative estimate of drug-likeness (QED) is 0.452. The van der Waals surface area contributed by atoms with Gasteiger partial charge in [-0.1, -0.05) is 18.2 Å². The molecule has 1 aromatic carbocycles. The van der Waals surface area contributed by atoms with Gasteiger partial charge in [-0.2, -0.15) is 0 Å². The number of benzene rings is 1. The van der Waals surface area contributed by atoms with Crippen LogP contribution in [0.4, 0.5) is 0 Å². The molecule has 0 unspecified atom stereocenters. The van der Waals surface area contributed by atoms with Gasteiger partial charge in [0.25, 0.3) is 0 Å². The highest BCUT2D eigenvalue weighted by atomic mass is 32.1. The first-order chi connectivity index (χ1) is 14.0. The van der Waals surface area contributed by atoms with Crippen LogP contribution in [-0.2, 0) is 17.9 Å². The number of amides is 1. The van der Waals surface area contributed by atoms with Crippen molar-refractivity contribution in [2.75, 3.05) is 6.54 Å². The maximum Gasteiger partial charge on any atom is 0.239 e. The zero-order valence-electron chi connectivity index (χ0n) is 17.1. The molecule has 0 fully saturated rings.